The van der Waals surface area contributed by atoms with Crippen LogP contribution in [-0.2, 0) is 4.79 Å². The fourth-order valence-corrected chi connectivity index (χ4v) is 4.22. The van der Waals surface area contributed by atoms with Crippen LogP contribution in [0.15, 0.2) is 42.7 Å². The van der Waals surface area contributed by atoms with Gasteiger partial charge in [0.05, 0.1) is 6.04 Å². The number of rotatable bonds is 3. The highest BCUT2D eigenvalue weighted by molar-refractivity contribution is 6.34. The standard InChI is InChI=1S/C19H19Cl2N3O.ClH/c20-14-6-13(7-15(21)8-14)16-9-17(16)19(25)24-5-4-23-11-18(24)12-2-1-3-22-10-12;/h1-3,6-8,10,16-18,23H,4-5,9,11H2;1H. The Hall–Kier alpha value is -1.33. The van der Waals surface area contributed by atoms with Gasteiger partial charge in [0.2, 0.25) is 5.91 Å². The molecule has 0 bridgehead atoms. The molecule has 7 heteroatoms. The van der Waals surface area contributed by atoms with Gasteiger partial charge in [-0.3, -0.25) is 9.78 Å². The van der Waals surface area contributed by atoms with E-state index >= 15 is 0 Å². The molecule has 138 valence electrons. The summed E-state index contributed by atoms with van der Waals surface area (Å²) in [5, 5.41) is 4.62. The number of pyridine rings is 1. The molecule has 3 unspecified atom stereocenters. The summed E-state index contributed by atoms with van der Waals surface area (Å²) >= 11 is 12.2. The van der Waals surface area contributed by atoms with Gasteiger partial charge < -0.3 is 10.2 Å². The Balaban J connectivity index is 0.00000196. The van der Waals surface area contributed by atoms with E-state index in [4.69, 9.17) is 23.2 Å². The molecule has 4 rings (SSSR count). The molecule has 1 saturated carbocycles. The summed E-state index contributed by atoms with van der Waals surface area (Å²) in [5.74, 6) is 0.455. The summed E-state index contributed by atoms with van der Waals surface area (Å²) in [4.78, 5) is 19.3. The zero-order valence-electron chi connectivity index (χ0n) is 14.1. The van der Waals surface area contributed by atoms with E-state index in [-0.39, 0.29) is 36.2 Å². The highest BCUT2D eigenvalue weighted by atomic mass is 35.5. The normalized spacial score (nSPS) is 24.7. The van der Waals surface area contributed by atoms with Gasteiger partial charge in [-0.05, 0) is 47.7 Å². The van der Waals surface area contributed by atoms with E-state index < -0.39 is 0 Å². The van der Waals surface area contributed by atoms with Crippen molar-refractivity contribution in [2.75, 3.05) is 19.6 Å². The number of nitrogens with one attached hydrogen (secondary N) is 1. The Labute approximate surface area is 169 Å². The number of hydrogen-bond donors (Lipinski definition) is 1. The van der Waals surface area contributed by atoms with Crippen LogP contribution in [0, 0.1) is 5.92 Å². The van der Waals surface area contributed by atoms with Crippen molar-refractivity contribution in [1.29, 1.82) is 0 Å². The zero-order valence-corrected chi connectivity index (χ0v) is 16.4. The molecule has 2 heterocycles. The van der Waals surface area contributed by atoms with Crippen molar-refractivity contribution >= 4 is 41.5 Å². The van der Waals surface area contributed by atoms with Gasteiger partial charge in [-0.15, -0.1) is 12.4 Å². The van der Waals surface area contributed by atoms with Crippen molar-refractivity contribution in [2.45, 2.75) is 18.4 Å². The van der Waals surface area contributed by atoms with Crippen LogP contribution < -0.4 is 5.32 Å². The molecule has 0 spiro atoms. The Morgan fingerprint density at radius 1 is 1.19 bits per heavy atom. The second kappa shape index (κ2) is 8.13. The first-order chi connectivity index (χ1) is 12.1. The molecule has 1 saturated heterocycles. The summed E-state index contributed by atoms with van der Waals surface area (Å²) in [6.07, 6.45) is 4.46. The molecule has 2 fully saturated rings. The fourth-order valence-electron chi connectivity index (χ4n) is 3.68. The molecule has 3 atom stereocenters. The van der Waals surface area contributed by atoms with Gasteiger partial charge in [0.1, 0.15) is 0 Å². The van der Waals surface area contributed by atoms with Crippen LogP contribution in [0.4, 0.5) is 0 Å². The van der Waals surface area contributed by atoms with E-state index in [2.05, 4.69) is 10.3 Å². The first kappa shape index (κ1) is 19.4. The minimum atomic E-state index is 0. The first-order valence-corrected chi connectivity index (χ1v) is 9.26. The zero-order chi connectivity index (χ0) is 17.4. The monoisotopic (exact) mass is 411 g/mol. The number of amides is 1. The highest BCUT2D eigenvalue weighted by Gasteiger charge is 2.47. The van der Waals surface area contributed by atoms with Crippen LogP contribution in [0.5, 0.6) is 0 Å². The van der Waals surface area contributed by atoms with E-state index in [0.717, 1.165) is 37.2 Å². The summed E-state index contributed by atoms with van der Waals surface area (Å²) in [6.45, 7) is 2.30. The maximum atomic E-state index is 13.1. The molecule has 1 N–H and O–H groups in total. The van der Waals surface area contributed by atoms with Crippen LogP contribution >= 0.6 is 35.6 Å². The van der Waals surface area contributed by atoms with Crippen LogP contribution in [0.2, 0.25) is 10.0 Å². The van der Waals surface area contributed by atoms with E-state index in [1.165, 1.54) is 0 Å². The van der Waals surface area contributed by atoms with Crippen molar-refractivity contribution < 1.29 is 4.79 Å². The minimum absolute atomic E-state index is 0. The lowest BCUT2D eigenvalue weighted by atomic mass is 10.0. The summed E-state index contributed by atoms with van der Waals surface area (Å²) in [5.41, 5.74) is 2.13. The summed E-state index contributed by atoms with van der Waals surface area (Å²) < 4.78 is 0. The van der Waals surface area contributed by atoms with E-state index in [1.807, 2.05) is 35.4 Å². The summed E-state index contributed by atoms with van der Waals surface area (Å²) in [6, 6.07) is 9.55. The Morgan fingerprint density at radius 3 is 2.65 bits per heavy atom. The lowest BCUT2D eigenvalue weighted by molar-refractivity contribution is -0.136. The number of hydrogen-bond acceptors (Lipinski definition) is 3. The lowest BCUT2D eigenvalue weighted by Gasteiger charge is -2.36. The van der Waals surface area contributed by atoms with Crippen molar-refractivity contribution in [2.24, 2.45) is 5.92 Å². The predicted octanol–water partition coefficient (Wildman–Crippen LogP) is 4.09. The molecular formula is C19H20Cl3N3O. The van der Waals surface area contributed by atoms with Gasteiger partial charge in [0, 0.05) is 48.0 Å². The Morgan fingerprint density at radius 2 is 1.96 bits per heavy atom. The predicted molar refractivity (Wildman–Crippen MR) is 106 cm³/mol. The molecular weight excluding hydrogens is 393 g/mol. The number of carbonyl (C=O) groups is 1. The van der Waals surface area contributed by atoms with Crippen molar-refractivity contribution in [3.05, 3.63) is 63.9 Å². The van der Waals surface area contributed by atoms with Crippen molar-refractivity contribution in [3.63, 3.8) is 0 Å². The third kappa shape index (κ3) is 3.99. The van der Waals surface area contributed by atoms with E-state index in [0.29, 0.717) is 10.0 Å². The minimum Gasteiger partial charge on any atom is -0.333 e. The smallest absolute Gasteiger partial charge is 0.226 e. The van der Waals surface area contributed by atoms with E-state index in [9.17, 15) is 4.79 Å². The van der Waals surface area contributed by atoms with Gasteiger partial charge in [0.25, 0.3) is 0 Å². The molecule has 26 heavy (non-hydrogen) atoms. The maximum Gasteiger partial charge on any atom is 0.226 e. The summed E-state index contributed by atoms with van der Waals surface area (Å²) in [7, 11) is 0. The van der Waals surface area contributed by atoms with Crippen molar-refractivity contribution in [1.82, 2.24) is 15.2 Å². The van der Waals surface area contributed by atoms with Crippen LogP contribution in [0.1, 0.15) is 29.5 Å². The van der Waals surface area contributed by atoms with Crippen molar-refractivity contribution in [3.8, 4) is 0 Å². The number of piperazine rings is 1. The first-order valence-electron chi connectivity index (χ1n) is 8.50. The maximum absolute atomic E-state index is 13.1. The average molecular weight is 413 g/mol. The van der Waals surface area contributed by atoms with Gasteiger partial charge in [-0.25, -0.2) is 0 Å². The third-order valence-electron chi connectivity index (χ3n) is 5.02. The highest BCUT2D eigenvalue weighted by Crippen LogP contribution is 2.50. The molecule has 0 radical (unpaired) electrons. The number of nitrogens with zero attached hydrogens (tertiary/aromatic N) is 2. The molecule has 1 amide bonds. The molecule has 1 aliphatic heterocycles. The average Bonchev–Trinajstić information content (AvgIpc) is 3.42. The van der Waals surface area contributed by atoms with E-state index in [1.54, 1.807) is 12.3 Å². The molecule has 1 aromatic heterocycles. The largest absolute Gasteiger partial charge is 0.333 e. The van der Waals surface area contributed by atoms with Crippen LogP contribution in [-0.4, -0.2) is 35.4 Å². The second-order valence-corrected chi connectivity index (χ2v) is 7.56. The van der Waals surface area contributed by atoms with Gasteiger partial charge in [-0.2, -0.15) is 0 Å². The number of halogens is 3. The number of carbonyl (C=O) groups excluding carboxylic acids is 1. The molecule has 4 nitrogen and oxygen atoms in total. The third-order valence-corrected chi connectivity index (χ3v) is 5.45. The molecule has 2 aliphatic rings. The van der Waals surface area contributed by atoms with Gasteiger partial charge in [-0.1, -0.05) is 29.3 Å². The van der Waals surface area contributed by atoms with Crippen LogP contribution in [0.25, 0.3) is 0 Å². The Kier molecular flexibility index (Phi) is 6.08. The molecule has 1 aromatic carbocycles. The second-order valence-electron chi connectivity index (χ2n) is 6.69. The Bertz CT molecular complexity index is 767. The number of aromatic nitrogens is 1. The quantitative estimate of drug-likeness (QED) is 0.826. The van der Waals surface area contributed by atoms with Gasteiger partial charge >= 0.3 is 0 Å². The fraction of sp³-hybridized carbons (Fsp3) is 0.368. The molecule has 2 aromatic rings. The van der Waals surface area contributed by atoms with Gasteiger partial charge in [0.15, 0.2) is 0 Å². The lowest BCUT2D eigenvalue weighted by Crippen LogP contribution is -2.49. The SMILES string of the molecule is Cl.O=C(C1CC1c1cc(Cl)cc(Cl)c1)N1CCNCC1c1cccnc1. The molecule has 1 aliphatic carbocycles. The topological polar surface area (TPSA) is 45.2 Å². The number of benzene rings is 1. The van der Waals surface area contributed by atoms with Crippen LogP contribution in [0.3, 0.4) is 0 Å².